The summed E-state index contributed by atoms with van der Waals surface area (Å²) in [5, 5.41) is 7.06. The lowest BCUT2D eigenvalue weighted by Gasteiger charge is -2.19. The molecule has 0 aliphatic carbocycles. The minimum absolute atomic E-state index is 0.200. The Kier molecular flexibility index (Phi) is 7.52. The summed E-state index contributed by atoms with van der Waals surface area (Å²) in [7, 11) is 3.28. The molecule has 2 aromatic rings. The largest absolute Gasteiger partial charge is 0.493 e. The Morgan fingerprint density at radius 2 is 1.93 bits per heavy atom. The SMILES string of the molecule is COc1ccc(CCCNC(=S)Nc2ccc(N3CCCC3=O)c(C)c2)cc1OC. The Hall–Kier alpha value is -2.80. The summed E-state index contributed by atoms with van der Waals surface area (Å²) in [5.41, 5.74) is 4.15. The van der Waals surface area contributed by atoms with Crippen LogP contribution in [0.25, 0.3) is 0 Å². The first-order chi connectivity index (χ1) is 14.5. The van der Waals surface area contributed by atoms with Crippen molar-refractivity contribution in [2.75, 3.05) is 37.5 Å². The molecular formula is C23H29N3O3S. The van der Waals surface area contributed by atoms with Crippen LogP contribution in [-0.4, -0.2) is 38.3 Å². The van der Waals surface area contributed by atoms with Gasteiger partial charge in [-0.1, -0.05) is 6.07 Å². The standard InChI is InChI=1S/C23H29N3O3S/c1-16-14-18(9-10-19(16)26-13-5-7-22(26)27)25-23(30)24-12-4-6-17-8-11-20(28-2)21(15-17)29-3/h8-11,14-15H,4-7,12-13H2,1-3H3,(H2,24,25,30). The molecule has 1 aliphatic heterocycles. The van der Waals surface area contributed by atoms with Crippen molar-refractivity contribution in [1.82, 2.24) is 5.32 Å². The van der Waals surface area contributed by atoms with Crippen molar-refractivity contribution >= 4 is 34.6 Å². The number of nitrogens with zero attached hydrogens (tertiary/aromatic N) is 1. The molecule has 1 heterocycles. The first kappa shape index (κ1) is 21.9. The van der Waals surface area contributed by atoms with Gasteiger partial charge < -0.3 is 25.0 Å². The van der Waals surface area contributed by atoms with E-state index in [0.717, 1.165) is 60.8 Å². The summed E-state index contributed by atoms with van der Waals surface area (Å²) in [6.45, 7) is 3.58. The van der Waals surface area contributed by atoms with E-state index in [1.54, 1.807) is 14.2 Å². The quantitative estimate of drug-likeness (QED) is 0.489. The number of carbonyl (C=O) groups excluding carboxylic acids is 1. The molecule has 0 atom stereocenters. The number of rotatable bonds is 8. The minimum Gasteiger partial charge on any atom is -0.493 e. The molecule has 6 nitrogen and oxygen atoms in total. The predicted octanol–water partition coefficient (Wildman–Crippen LogP) is 4.06. The number of ether oxygens (including phenoxy) is 2. The summed E-state index contributed by atoms with van der Waals surface area (Å²) in [6, 6.07) is 12.0. The highest BCUT2D eigenvalue weighted by Crippen LogP contribution is 2.28. The molecule has 1 fully saturated rings. The lowest BCUT2D eigenvalue weighted by Crippen LogP contribution is -2.29. The molecule has 2 N–H and O–H groups in total. The van der Waals surface area contributed by atoms with E-state index in [9.17, 15) is 4.79 Å². The van der Waals surface area contributed by atoms with E-state index in [4.69, 9.17) is 21.7 Å². The van der Waals surface area contributed by atoms with Crippen molar-refractivity contribution in [3.05, 3.63) is 47.5 Å². The summed E-state index contributed by atoms with van der Waals surface area (Å²) in [4.78, 5) is 13.8. The van der Waals surface area contributed by atoms with Crippen LogP contribution in [-0.2, 0) is 11.2 Å². The average molecular weight is 428 g/mol. The maximum Gasteiger partial charge on any atom is 0.227 e. The molecule has 0 saturated carbocycles. The van der Waals surface area contributed by atoms with Crippen LogP contribution < -0.4 is 25.0 Å². The van der Waals surface area contributed by atoms with Crippen molar-refractivity contribution in [1.29, 1.82) is 0 Å². The number of aryl methyl sites for hydroxylation is 2. The van der Waals surface area contributed by atoms with Gasteiger partial charge >= 0.3 is 0 Å². The van der Waals surface area contributed by atoms with E-state index >= 15 is 0 Å². The predicted molar refractivity (Wildman–Crippen MR) is 125 cm³/mol. The van der Waals surface area contributed by atoms with Gasteiger partial charge in [0.2, 0.25) is 5.91 Å². The van der Waals surface area contributed by atoms with Crippen molar-refractivity contribution < 1.29 is 14.3 Å². The fourth-order valence-corrected chi connectivity index (χ4v) is 3.86. The van der Waals surface area contributed by atoms with Gasteiger partial charge in [0.05, 0.1) is 14.2 Å². The zero-order valence-corrected chi connectivity index (χ0v) is 18.6. The minimum atomic E-state index is 0.200. The van der Waals surface area contributed by atoms with E-state index in [1.165, 1.54) is 5.56 Å². The molecule has 0 bridgehead atoms. The molecule has 3 rings (SSSR count). The van der Waals surface area contributed by atoms with Gasteiger partial charge in [-0.3, -0.25) is 4.79 Å². The monoisotopic (exact) mass is 427 g/mol. The van der Waals surface area contributed by atoms with Crippen molar-refractivity contribution in [2.24, 2.45) is 0 Å². The van der Waals surface area contributed by atoms with Gasteiger partial charge in [0.25, 0.3) is 0 Å². The molecule has 0 radical (unpaired) electrons. The Balaban J connectivity index is 1.46. The molecule has 0 spiro atoms. The number of thiocarbonyl (C=S) groups is 1. The second kappa shape index (κ2) is 10.3. The summed E-state index contributed by atoms with van der Waals surface area (Å²) in [6.07, 6.45) is 3.41. The normalized spacial score (nSPS) is 13.3. The number of hydrogen-bond acceptors (Lipinski definition) is 4. The third-order valence-corrected chi connectivity index (χ3v) is 5.44. The second-order valence-electron chi connectivity index (χ2n) is 7.32. The van der Waals surface area contributed by atoms with Gasteiger partial charge in [-0.05, 0) is 79.9 Å². The maximum absolute atomic E-state index is 12.0. The molecule has 30 heavy (non-hydrogen) atoms. The molecule has 1 amide bonds. The molecular weight excluding hydrogens is 398 g/mol. The van der Waals surface area contributed by atoms with Gasteiger partial charge in [-0.25, -0.2) is 0 Å². The summed E-state index contributed by atoms with van der Waals surface area (Å²) in [5.74, 6) is 1.68. The van der Waals surface area contributed by atoms with Crippen LogP contribution in [0, 0.1) is 6.92 Å². The highest BCUT2D eigenvalue weighted by molar-refractivity contribution is 7.80. The lowest BCUT2D eigenvalue weighted by molar-refractivity contribution is -0.117. The second-order valence-corrected chi connectivity index (χ2v) is 7.73. The summed E-state index contributed by atoms with van der Waals surface area (Å²) >= 11 is 5.42. The highest BCUT2D eigenvalue weighted by atomic mass is 32.1. The van der Waals surface area contributed by atoms with E-state index in [2.05, 4.69) is 10.6 Å². The zero-order chi connectivity index (χ0) is 21.5. The van der Waals surface area contributed by atoms with Gasteiger partial charge in [0.15, 0.2) is 16.6 Å². The average Bonchev–Trinajstić information content (AvgIpc) is 3.16. The van der Waals surface area contributed by atoms with Crippen LogP contribution in [0.5, 0.6) is 11.5 Å². The maximum atomic E-state index is 12.0. The van der Waals surface area contributed by atoms with Crippen molar-refractivity contribution in [2.45, 2.75) is 32.6 Å². The molecule has 0 aromatic heterocycles. The number of amides is 1. The fourth-order valence-electron chi connectivity index (χ4n) is 3.64. The fraction of sp³-hybridized carbons (Fsp3) is 0.391. The smallest absolute Gasteiger partial charge is 0.227 e. The topological polar surface area (TPSA) is 62.8 Å². The number of benzene rings is 2. The van der Waals surface area contributed by atoms with Crippen LogP contribution in [0.1, 0.15) is 30.4 Å². The first-order valence-electron chi connectivity index (χ1n) is 10.2. The molecule has 7 heteroatoms. The number of hydrogen-bond donors (Lipinski definition) is 2. The number of methoxy groups -OCH3 is 2. The van der Waals surface area contributed by atoms with E-state index < -0.39 is 0 Å². The molecule has 160 valence electrons. The Morgan fingerprint density at radius 3 is 2.60 bits per heavy atom. The third-order valence-electron chi connectivity index (χ3n) is 5.19. The number of nitrogens with one attached hydrogen (secondary N) is 2. The van der Waals surface area contributed by atoms with Crippen LogP contribution in [0.15, 0.2) is 36.4 Å². The van der Waals surface area contributed by atoms with Gasteiger partial charge in [0, 0.05) is 30.9 Å². The molecule has 1 aliphatic rings. The van der Waals surface area contributed by atoms with Crippen LogP contribution in [0.2, 0.25) is 0 Å². The molecule has 2 aromatic carbocycles. The van der Waals surface area contributed by atoms with E-state index in [1.807, 2.05) is 48.2 Å². The van der Waals surface area contributed by atoms with Crippen LogP contribution in [0.4, 0.5) is 11.4 Å². The van der Waals surface area contributed by atoms with Gasteiger partial charge in [-0.2, -0.15) is 0 Å². The van der Waals surface area contributed by atoms with Crippen LogP contribution >= 0.6 is 12.2 Å². The van der Waals surface area contributed by atoms with E-state index in [0.29, 0.717) is 11.5 Å². The molecule has 0 unspecified atom stereocenters. The van der Waals surface area contributed by atoms with Gasteiger partial charge in [-0.15, -0.1) is 0 Å². The number of carbonyl (C=O) groups is 1. The highest BCUT2D eigenvalue weighted by Gasteiger charge is 2.22. The lowest BCUT2D eigenvalue weighted by atomic mass is 10.1. The van der Waals surface area contributed by atoms with Crippen LogP contribution in [0.3, 0.4) is 0 Å². The first-order valence-corrected chi connectivity index (χ1v) is 10.6. The Bertz CT molecular complexity index is 917. The number of anilines is 2. The Morgan fingerprint density at radius 1 is 1.13 bits per heavy atom. The summed E-state index contributed by atoms with van der Waals surface area (Å²) < 4.78 is 10.6. The third kappa shape index (κ3) is 5.42. The Labute approximate surface area is 183 Å². The van der Waals surface area contributed by atoms with Crippen molar-refractivity contribution in [3.63, 3.8) is 0 Å². The zero-order valence-electron chi connectivity index (χ0n) is 17.8. The molecule has 1 saturated heterocycles. The van der Waals surface area contributed by atoms with Crippen molar-refractivity contribution in [3.8, 4) is 11.5 Å². The van der Waals surface area contributed by atoms with Gasteiger partial charge in [0.1, 0.15) is 0 Å². The van der Waals surface area contributed by atoms with E-state index in [-0.39, 0.29) is 5.91 Å².